The van der Waals surface area contributed by atoms with E-state index in [4.69, 9.17) is 32.5 Å². The highest BCUT2D eigenvalue weighted by Crippen LogP contribution is 2.48. The summed E-state index contributed by atoms with van der Waals surface area (Å²) in [7, 11) is 0. The molecule has 7 rings (SSSR count). The molecule has 3 aliphatic rings. The van der Waals surface area contributed by atoms with E-state index in [9.17, 15) is 9.90 Å². The van der Waals surface area contributed by atoms with E-state index >= 15 is 0 Å². The Hall–Kier alpha value is -3.23. The minimum atomic E-state index is -0.947. The number of aromatic carboxylic acids is 1. The van der Waals surface area contributed by atoms with Crippen LogP contribution >= 0.6 is 23.2 Å². The maximum Gasteiger partial charge on any atom is 0.335 e. The van der Waals surface area contributed by atoms with Gasteiger partial charge in [-0.3, -0.25) is 9.88 Å². The number of carboxylic acids is 1. The molecule has 2 unspecified atom stereocenters. The van der Waals surface area contributed by atoms with Gasteiger partial charge in [-0.15, -0.1) is 0 Å². The lowest BCUT2D eigenvalue weighted by atomic mass is 9.97. The van der Waals surface area contributed by atoms with Crippen LogP contribution in [-0.4, -0.2) is 44.3 Å². The van der Waals surface area contributed by atoms with Gasteiger partial charge in [0.2, 0.25) is 0 Å². The number of rotatable bonds is 9. The summed E-state index contributed by atoms with van der Waals surface area (Å²) in [6.07, 6.45) is 8.54. The van der Waals surface area contributed by atoms with Gasteiger partial charge in [0.05, 0.1) is 34.0 Å². The molecule has 1 aliphatic carbocycles. The van der Waals surface area contributed by atoms with E-state index in [0.29, 0.717) is 34.7 Å². The molecule has 7 nitrogen and oxygen atoms in total. The topological polar surface area (TPSA) is 88.7 Å². The number of carbonyl (C=O) groups is 1. The maximum absolute atomic E-state index is 11.3. The molecule has 2 atom stereocenters. The fourth-order valence-corrected chi connectivity index (χ4v) is 7.15. The fraction of sp³-hybridized carbons (Fsp3) is 0.364. The summed E-state index contributed by atoms with van der Waals surface area (Å²) in [5.74, 6) is 0.476. The van der Waals surface area contributed by atoms with Gasteiger partial charge in [-0.1, -0.05) is 52.6 Å². The first kappa shape index (κ1) is 27.6. The number of ether oxygens (including phenoxy) is 1. The summed E-state index contributed by atoms with van der Waals surface area (Å²) in [5, 5.41) is 14.9. The molecular formula is C33H31Cl2N3O4. The third-order valence-electron chi connectivity index (χ3n) is 8.86. The highest BCUT2D eigenvalue weighted by Gasteiger charge is 2.43. The lowest BCUT2D eigenvalue weighted by molar-refractivity contribution is -0.0307. The number of nitrogens with zero attached hydrogens (tertiary/aromatic N) is 3. The summed E-state index contributed by atoms with van der Waals surface area (Å²) in [6, 6.07) is 17.2. The van der Waals surface area contributed by atoms with Crippen LogP contribution in [0, 0.1) is 0 Å². The largest absolute Gasteiger partial charge is 0.478 e. The maximum atomic E-state index is 11.3. The van der Waals surface area contributed by atoms with Crippen LogP contribution in [0.15, 0.2) is 65.3 Å². The zero-order valence-corrected chi connectivity index (χ0v) is 24.5. The monoisotopic (exact) mass is 603 g/mol. The summed E-state index contributed by atoms with van der Waals surface area (Å²) in [5.41, 5.74) is 5.43. The molecule has 1 N–H and O–H groups in total. The van der Waals surface area contributed by atoms with Crippen LogP contribution in [0.4, 0.5) is 0 Å². The van der Waals surface area contributed by atoms with Crippen molar-refractivity contribution >= 4 is 29.2 Å². The first-order chi connectivity index (χ1) is 20.4. The Morgan fingerprint density at radius 2 is 1.74 bits per heavy atom. The molecule has 2 aliphatic heterocycles. The third-order valence-corrected chi connectivity index (χ3v) is 9.49. The molecule has 4 aromatic rings. The van der Waals surface area contributed by atoms with Gasteiger partial charge in [-0.2, -0.15) is 0 Å². The average Bonchev–Trinajstić information content (AvgIpc) is 3.72. The van der Waals surface area contributed by atoms with Crippen LogP contribution in [0.25, 0.3) is 22.5 Å². The van der Waals surface area contributed by atoms with Gasteiger partial charge < -0.3 is 14.4 Å². The minimum Gasteiger partial charge on any atom is -0.478 e. The Bertz CT molecular complexity index is 1580. The number of fused-ring (bicyclic) bond motifs is 2. The molecule has 216 valence electrons. The smallest absolute Gasteiger partial charge is 0.335 e. The average molecular weight is 605 g/mol. The number of pyridine rings is 1. The van der Waals surface area contributed by atoms with E-state index in [-0.39, 0.29) is 11.7 Å². The van der Waals surface area contributed by atoms with Crippen LogP contribution in [0.3, 0.4) is 0 Å². The number of hydrogen-bond acceptors (Lipinski definition) is 6. The molecule has 9 heteroatoms. The lowest BCUT2D eigenvalue weighted by Gasteiger charge is -2.39. The van der Waals surface area contributed by atoms with Crippen molar-refractivity contribution in [2.24, 2.45) is 0 Å². The van der Waals surface area contributed by atoms with Gasteiger partial charge in [-0.05, 0) is 74.4 Å². The molecular weight excluding hydrogens is 573 g/mol. The Balaban J connectivity index is 1.02. The first-order valence-corrected chi connectivity index (χ1v) is 15.3. The molecule has 3 fully saturated rings. The molecule has 1 saturated carbocycles. The standard InChI is InChI=1S/C33H31Cl2N3O4/c34-27-5-2-6-28(35)30(27)31-26(32(42-37-31)20-8-9-20)17-38-23-10-11-24(38)15-25(14-23)41-18-19-7-12-29(36-16-19)21-3-1-4-22(13-21)33(39)40/h1-7,12-13,16,20,23-25H,8-11,14-15,17-18H2,(H,39,40). The normalized spacial score (nSPS) is 22.0. The van der Waals surface area contributed by atoms with Crippen molar-refractivity contribution in [1.82, 2.24) is 15.0 Å². The van der Waals surface area contributed by atoms with Crippen LogP contribution in [0.2, 0.25) is 10.0 Å². The van der Waals surface area contributed by atoms with Crippen LogP contribution in [-0.2, 0) is 17.9 Å². The lowest BCUT2D eigenvalue weighted by Crippen LogP contribution is -2.45. The number of carboxylic acid groups (broad SMARTS) is 1. The summed E-state index contributed by atoms with van der Waals surface area (Å²) >= 11 is 13.2. The van der Waals surface area contributed by atoms with Crippen LogP contribution < -0.4 is 0 Å². The van der Waals surface area contributed by atoms with Crippen LogP contribution in [0.1, 0.15) is 71.7 Å². The van der Waals surface area contributed by atoms with Crippen molar-refractivity contribution in [3.05, 3.63) is 93.3 Å². The number of piperidine rings is 1. The molecule has 2 aromatic heterocycles. The van der Waals surface area contributed by atoms with Crippen molar-refractivity contribution in [3.63, 3.8) is 0 Å². The zero-order valence-electron chi connectivity index (χ0n) is 23.0. The Morgan fingerprint density at radius 1 is 1.00 bits per heavy atom. The highest BCUT2D eigenvalue weighted by molar-refractivity contribution is 6.39. The molecule has 0 radical (unpaired) electrons. The molecule has 42 heavy (non-hydrogen) atoms. The Kier molecular flexibility index (Phi) is 7.53. The first-order valence-electron chi connectivity index (χ1n) is 14.5. The van der Waals surface area contributed by atoms with E-state index in [0.717, 1.165) is 84.5 Å². The number of halogens is 2. The fourth-order valence-electron chi connectivity index (χ4n) is 6.57. The van der Waals surface area contributed by atoms with Gasteiger partial charge >= 0.3 is 5.97 Å². The van der Waals surface area contributed by atoms with Gasteiger partial charge in [0.15, 0.2) is 0 Å². The summed E-state index contributed by atoms with van der Waals surface area (Å²) < 4.78 is 12.3. The Labute approximate surface area is 254 Å². The number of benzene rings is 2. The van der Waals surface area contributed by atoms with Crippen molar-refractivity contribution < 1.29 is 19.2 Å². The molecule has 4 heterocycles. The molecule has 2 saturated heterocycles. The second kappa shape index (κ2) is 11.5. The second-order valence-electron chi connectivity index (χ2n) is 11.6. The van der Waals surface area contributed by atoms with E-state index in [2.05, 4.69) is 15.0 Å². The summed E-state index contributed by atoms with van der Waals surface area (Å²) in [4.78, 5) is 18.5. The van der Waals surface area contributed by atoms with Crippen molar-refractivity contribution in [1.29, 1.82) is 0 Å². The van der Waals surface area contributed by atoms with Gasteiger partial charge in [0, 0.05) is 47.4 Å². The van der Waals surface area contributed by atoms with E-state index in [1.54, 1.807) is 18.2 Å². The van der Waals surface area contributed by atoms with E-state index in [1.165, 1.54) is 0 Å². The quantitative estimate of drug-likeness (QED) is 0.207. The highest BCUT2D eigenvalue weighted by atomic mass is 35.5. The van der Waals surface area contributed by atoms with Crippen molar-refractivity contribution in [2.75, 3.05) is 0 Å². The predicted molar refractivity (Wildman–Crippen MR) is 161 cm³/mol. The molecule has 0 spiro atoms. The molecule has 2 aromatic carbocycles. The minimum absolute atomic E-state index is 0.188. The predicted octanol–water partition coefficient (Wildman–Crippen LogP) is 8.00. The van der Waals surface area contributed by atoms with Crippen molar-refractivity contribution in [2.45, 2.75) is 75.8 Å². The van der Waals surface area contributed by atoms with E-state index < -0.39 is 5.97 Å². The second-order valence-corrected chi connectivity index (χ2v) is 12.5. The van der Waals surface area contributed by atoms with Gasteiger partial charge in [-0.25, -0.2) is 4.79 Å². The Morgan fingerprint density at radius 3 is 2.40 bits per heavy atom. The molecule has 0 amide bonds. The SMILES string of the molecule is O=C(O)c1cccc(-c2ccc(COC3CC4CCC(C3)N4Cc3c(-c4c(Cl)cccc4Cl)noc3C3CC3)cn2)c1. The van der Waals surface area contributed by atoms with E-state index in [1.807, 2.05) is 42.6 Å². The van der Waals surface area contributed by atoms with Crippen LogP contribution in [0.5, 0.6) is 0 Å². The number of aromatic nitrogens is 2. The van der Waals surface area contributed by atoms with Gasteiger partial charge in [0.1, 0.15) is 11.5 Å². The number of hydrogen-bond donors (Lipinski definition) is 1. The van der Waals surface area contributed by atoms with Crippen molar-refractivity contribution in [3.8, 4) is 22.5 Å². The van der Waals surface area contributed by atoms with Gasteiger partial charge in [0.25, 0.3) is 0 Å². The third kappa shape index (κ3) is 5.47. The summed E-state index contributed by atoms with van der Waals surface area (Å²) in [6.45, 7) is 1.28. The zero-order chi connectivity index (χ0) is 28.8. The molecule has 2 bridgehead atoms.